The Balaban J connectivity index is 1.94. The van der Waals surface area contributed by atoms with E-state index >= 15 is 0 Å². The second kappa shape index (κ2) is 5.85. The summed E-state index contributed by atoms with van der Waals surface area (Å²) in [6.07, 6.45) is 3.57. The monoisotopic (exact) mass is 303 g/mol. The summed E-state index contributed by atoms with van der Waals surface area (Å²) in [6, 6.07) is 6.05. The number of hydrogen-bond donors (Lipinski definition) is 0. The first-order valence-corrected chi connectivity index (χ1v) is 7.58. The summed E-state index contributed by atoms with van der Waals surface area (Å²) >= 11 is 5.90. The molecule has 0 bridgehead atoms. The van der Waals surface area contributed by atoms with Gasteiger partial charge in [-0.15, -0.1) is 11.6 Å². The molecule has 0 saturated heterocycles. The first-order chi connectivity index (χ1) is 10.2. The largest absolute Gasteiger partial charge is 0.312 e. The summed E-state index contributed by atoms with van der Waals surface area (Å²) in [5, 5.41) is 4.42. The maximum Gasteiger partial charge on any atom is 0.160 e. The Morgan fingerprint density at radius 3 is 2.71 bits per heavy atom. The SMILES string of the molecule is Cc1ccc2nc(CCCl)n(CCc3ccn(C)n3)c2n1. The van der Waals surface area contributed by atoms with Gasteiger partial charge in [-0.3, -0.25) is 4.68 Å². The molecule has 0 saturated carbocycles. The van der Waals surface area contributed by atoms with Crippen molar-refractivity contribution in [1.29, 1.82) is 0 Å². The van der Waals surface area contributed by atoms with Crippen molar-refractivity contribution in [2.45, 2.75) is 26.3 Å². The molecule has 21 heavy (non-hydrogen) atoms. The van der Waals surface area contributed by atoms with Crippen molar-refractivity contribution < 1.29 is 0 Å². The van der Waals surface area contributed by atoms with Crippen LogP contribution in [0.25, 0.3) is 11.2 Å². The van der Waals surface area contributed by atoms with Crippen LogP contribution < -0.4 is 0 Å². The van der Waals surface area contributed by atoms with Crippen LogP contribution in [-0.2, 0) is 26.4 Å². The van der Waals surface area contributed by atoms with E-state index in [1.807, 2.05) is 43.0 Å². The van der Waals surface area contributed by atoms with Crippen LogP contribution in [0.2, 0.25) is 0 Å². The standard InChI is InChI=1S/C15H18ClN5/c1-11-3-4-13-15(17-11)21(14(18-13)5-8-16)10-7-12-6-9-20(2)19-12/h3-4,6,9H,5,7-8,10H2,1-2H3. The zero-order valence-corrected chi connectivity index (χ0v) is 13.0. The van der Waals surface area contributed by atoms with Crippen LogP contribution in [0.3, 0.4) is 0 Å². The van der Waals surface area contributed by atoms with E-state index in [0.717, 1.165) is 47.8 Å². The van der Waals surface area contributed by atoms with Gasteiger partial charge in [0.2, 0.25) is 0 Å². The van der Waals surface area contributed by atoms with E-state index in [0.29, 0.717) is 5.88 Å². The first kappa shape index (κ1) is 14.1. The van der Waals surface area contributed by atoms with Crippen LogP contribution in [0, 0.1) is 6.92 Å². The van der Waals surface area contributed by atoms with E-state index in [-0.39, 0.29) is 0 Å². The normalized spacial score (nSPS) is 11.4. The molecule has 6 heteroatoms. The molecule has 0 aliphatic heterocycles. The van der Waals surface area contributed by atoms with Gasteiger partial charge in [0.25, 0.3) is 0 Å². The molecular formula is C15H18ClN5. The van der Waals surface area contributed by atoms with Gasteiger partial charge in [-0.25, -0.2) is 9.97 Å². The van der Waals surface area contributed by atoms with Gasteiger partial charge < -0.3 is 4.57 Å². The molecule has 0 N–H and O–H groups in total. The first-order valence-electron chi connectivity index (χ1n) is 7.04. The van der Waals surface area contributed by atoms with Crippen LogP contribution in [0.4, 0.5) is 0 Å². The molecule has 110 valence electrons. The maximum atomic E-state index is 5.90. The van der Waals surface area contributed by atoms with E-state index < -0.39 is 0 Å². The molecule has 0 atom stereocenters. The predicted octanol–water partition coefficient (Wildman–Crippen LogP) is 2.50. The quantitative estimate of drug-likeness (QED) is 0.680. The van der Waals surface area contributed by atoms with E-state index in [9.17, 15) is 0 Å². The number of imidazole rings is 1. The average Bonchev–Trinajstić information content (AvgIpc) is 3.01. The number of nitrogens with zero attached hydrogens (tertiary/aromatic N) is 5. The fourth-order valence-corrected chi connectivity index (χ4v) is 2.65. The molecule has 0 amide bonds. The summed E-state index contributed by atoms with van der Waals surface area (Å²) in [5.41, 5.74) is 3.94. The van der Waals surface area contributed by atoms with Gasteiger partial charge in [-0.05, 0) is 25.1 Å². The third-order valence-electron chi connectivity index (χ3n) is 3.49. The van der Waals surface area contributed by atoms with Gasteiger partial charge in [0.15, 0.2) is 5.65 Å². The Kier molecular flexibility index (Phi) is 3.92. The Labute approximate surface area is 128 Å². The number of hydrogen-bond acceptors (Lipinski definition) is 3. The number of fused-ring (bicyclic) bond motifs is 1. The van der Waals surface area contributed by atoms with Crippen LogP contribution in [0.1, 0.15) is 17.2 Å². The molecule has 0 radical (unpaired) electrons. The number of aryl methyl sites for hydroxylation is 5. The highest BCUT2D eigenvalue weighted by Gasteiger charge is 2.12. The Morgan fingerprint density at radius 1 is 1.14 bits per heavy atom. The van der Waals surface area contributed by atoms with Crippen molar-refractivity contribution in [2.75, 3.05) is 5.88 Å². The highest BCUT2D eigenvalue weighted by Crippen LogP contribution is 2.16. The third-order valence-corrected chi connectivity index (χ3v) is 3.68. The molecule has 0 aliphatic rings. The van der Waals surface area contributed by atoms with E-state index in [1.54, 1.807) is 0 Å². The topological polar surface area (TPSA) is 48.5 Å². The third kappa shape index (κ3) is 2.93. The van der Waals surface area contributed by atoms with Gasteiger partial charge in [-0.1, -0.05) is 0 Å². The van der Waals surface area contributed by atoms with E-state index in [2.05, 4.69) is 19.6 Å². The molecule has 0 aromatic carbocycles. The van der Waals surface area contributed by atoms with Crippen LogP contribution in [0.15, 0.2) is 24.4 Å². The lowest BCUT2D eigenvalue weighted by Crippen LogP contribution is -2.08. The van der Waals surface area contributed by atoms with Crippen molar-refractivity contribution in [3.8, 4) is 0 Å². The highest BCUT2D eigenvalue weighted by atomic mass is 35.5. The molecule has 0 unspecified atom stereocenters. The highest BCUT2D eigenvalue weighted by molar-refractivity contribution is 6.17. The predicted molar refractivity (Wildman–Crippen MR) is 83.6 cm³/mol. The second-order valence-corrected chi connectivity index (χ2v) is 5.52. The van der Waals surface area contributed by atoms with Crippen molar-refractivity contribution in [3.05, 3.63) is 41.6 Å². The lowest BCUT2D eigenvalue weighted by molar-refractivity contribution is 0.647. The Bertz CT molecular complexity index is 759. The van der Waals surface area contributed by atoms with Crippen molar-refractivity contribution in [3.63, 3.8) is 0 Å². The molecule has 5 nitrogen and oxygen atoms in total. The Morgan fingerprint density at radius 2 is 2.00 bits per heavy atom. The van der Waals surface area contributed by atoms with Crippen LogP contribution in [-0.4, -0.2) is 30.2 Å². The minimum Gasteiger partial charge on any atom is -0.312 e. The van der Waals surface area contributed by atoms with Crippen LogP contribution >= 0.6 is 11.6 Å². The number of pyridine rings is 1. The van der Waals surface area contributed by atoms with Crippen molar-refractivity contribution in [2.24, 2.45) is 7.05 Å². The van der Waals surface area contributed by atoms with Gasteiger partial charge in [0, 0.05) is 44.2 Å². The zero-order valence-electron chi connectivity index (χ0n) is 12.3. The van der Waals surface area contributed by atoms with E-state index in [4.69, 9.17) is 11.6 Å². The van der Waals surface area contributed by atoms with Crippen molar-refractivity contribution >= 4 is 22.8 Å². The molecule has 3 aromatic heterocycles. The van der Waals surface area contributed by atoms with Gasteiger partial charge >= 0.3 is 0 Å². The molecule has 0 aliphatic carbocycles. The smallest absolute Gasteiger partial charge is 0.160 e. The average molecular weight is 304 g/mol. The van der Waals surface area contributed by atoms with Crippen LogP contribution in [0.5, 0.6) is 0 Å². The zero-order chi connectivity index (χ0) is 14.8. The summed E-state index contributed by atoms with van der Waals surface area (Å²) < 4.78 is 3.99. The fraction of sp³-hybridized carbons (Fsp3) is 0.400. The van der Waals surface area contributed by atoms with Gasteiger partial charge in [0.1, 0.15) is 11.3 Å². The fourth-order valence-electron chi connectivity index (χ4n) is 2.48. The molecular weight excluding hydrogens is 286 g/mol. The molecule has 3 rings (SSSR count). The van der Waals surface area contributed by atoms with Crippen molar-refractivity contribution in [1.82, 2.24) is 24.3 Å². The minimum absolute atomic E-state index is 0.561. The number of alkyl halides is 1. The minimum atomic E-state index is 0.561. The second-order valence-electron chi connectivity index (χ2n) is 5.14. The number of rotatable bonds is 5. The summed E-state index contributed by atoms with van der Waals surface area (Å²) in [4.78, 5) is 9.28. The molecule has 0 fully saturated rings. The number of halogens is 1. The summed E-state index contributed by atoms with van der Waals surface area (Å²) in [5.74, 6) is 1.56. The summed E-state index contributed by atoms with van der Waals surface area (Å²) in [7, 11) is 1.93. The molecule has 0 spiro atoms. The Hall–Kier alpha value is -1.88. The van der Waals surface area contributed by atoms with Gasteiger partial charge in [-0.2, -0.15) is 5.10 Å². The number of aromatic nitrogens is 5. The molecule has 3 heterocycles. The van der Waals surface area contributed by atoms with E-state index in [1.165, 1.54) is 0 Å². The lowest BCUT2D eigenvalue weighted by atomic mass is 10.3. The van der Waals surface area contributed by atoms with Gasteiger partial charge in [0.05, 0.1) is 5.69 Å². The molecule has 3 aromatic rings. The maximum absolute atomic E-state index is 5.90. The lowest BCUT2D eigenvalue weighted by Gasteiger charge is -2.07. The summed E-state index contributed by atoms with van der Waals surface area (Å²) in [6.45, 7) is 2.81.